The zero-order valence-electron chi connectivity index (χ0n) is 51.1. The van der Waals surface area contributed by atoms with Crippen molar-refractivity contribution in [3.8, 4) is 0 Å². The molecule has 446 valence electrons. The summed E-state index contributed by atoms with van der Waals surface area (Å²) in [6.07, 6.45) is 94.2. The number of allylic oxidation sites excluding steroid dienone is 24. The highest BCUT2D eigenvalue weighted by atomic mass is 16.6. The van der Waals surface area contributed by atoms with Crippen LogP contribution in [0.5, 0.6) is 0 Å². The number of carbonyl (C=O) groups excluding carboxylic acids is 3. The molecule has 0 aromatic rings. The molecule has 0 bridgehead atoms. The second-order valence-corrected chi connectivity index (χ2v) is 20.9. The molecule has 1 atom stereocenters. The van der Waals surface area contributed by atoms with Crippen LogP contribution in [0.2, 0.25) is 0 Å². The predicted octanol–water partition coefficient (Wildman–Crippen LogP) is 22.3. The number of hydrogen-bond donors (Lipinski definition) is 0. The van der Waals surface area contributed by atoms with Gasteiger partial charge < -0.3 is 14.2 Å². The molecule has 0 saturated heterocycles. The zero-order valence-corrected chi connectivity index (χ0v) is 51.1. The Hall–Kier alpha value is -4.71. The van der Waals surface area contributed by atoms with Crippen LogP contribution >= 0.6 is 0 Å². The highest BCUT2D eigenvalue weighted by Crippen LogP contribution is 2.15. The van der Waals surface area contributed by atoms with Gasteiger partial charge in [-0.1, -0.05) is 282 Å². The lowest BCUT2D eigenvalue weighted by atomic mass is 10.1. The van der Waals surface area contributed by atoms with Crippen LogP contribution in [0.1, 0.15) is 278 Å². The van der Waals surface area contributed by atoms with Gasteiger partial charge in [-0.25, -0.2) is 0 Å². The van der Waals surface area contributed by atoms with E-state index in [0.29, 0.717) is 19.3 Å². The average molecular weight is 1090 g/mol. The molecular weight excluding hydrogens is 973 g/mol. The van der Waals surface area contributed by atoms with Gasteiger partial charge in [0.25, 0.3) is 0 Å². The lowest BCUT2D eigenvalue weighted by Crippen LogP contribution is -2.30. The maximum atomic E-state index is 12.9. The van der Waals surface area contributed by atoms with Crippen molar-refractivity contribution in [2.45, 2.75) is 284 Å². The number of hydrogen-bond acceptors (Lipinski definition) is 6. The summed E-state index contributed by atoms with van der Waals surface area (Å²) in [6.45, 7) is 6.38. The summed E-state index contributed by atoms with van der Waals surface area (Å²) in [5.41, 5.74) is 0. The summed E-state index contributed by atoms with van der Waals surface area (Å²) < 4.78 is 16.9. The molecule has 0 rings (SSSR count). The Labute approximate surface area is 487 Å². The van der Waals surface area contributed by atoms with Gasteiger partial charge in [0.1, 0.15) is 13.2 Å². The fraction of sp³-hybridized carbons (Fsp3) is 0.630. The highest BCUT2D eigenvalue weighted by Gasteiger charge is 2.19. The van der Waals surface area contributed by atoms with E-state index in [1.807, 2.05) is 0 Å². The third-order valence-electron chi connectivity index (χ3n) is 13.3. The van der Waals surface area contributed by atoms with Crippen molar-refractivity contribution < 1.29 is 28.6 Å². The maximum absolute atomic E-state index is 12.9. The van der Waals surface area contributed by atoms with E-state index in [2.05, 4.69) is 167 Å². The molecule has 6 heteroatoms. The normalized spacial score (nSPS) is 13.1. The molecule has 0 aliphatic heterocycles. The summed E-state index contributed by atoms with van der Waals surface area (Å²) in [5, 5.41) is 0. The number of ether oxygens (including phenoxy) is 3. The molecule has 0 saturated carbocycles. The monoisotopic (exact) mass is 1090 g/mol. The van der Waals surface area contributed by atoms with Gasteiger partial charge in [-0.2, -0.15) is 0 Å². The van der Waals surface area contributed by atoms with E-state index < -0.39 is 6.10 Å². The molecule has 0 amide bonds. The Morgan fingerprint density at radius 2 is 0.494 bits per heavy atom. The Morgan fingerprint density at radius 1 is 0.266 bits per heavy atom. The van der Waals surface area contributed by atoms with Crippen molar-refractivity contribution in [2.75, 3.05) is 13.2 Å². The topological polar surface area (TPSA) is 78.9 Å². The third kappa shape index (κ3) is 64.0. The summed E-state index contributed by atoms with van der Waals surface area (Å²) in [6, 6.07) is 0. The van der Waals surface area contributed by atoms with Gasteiger partial charge in [-0.3, -0.25) is 14.4 Å². The molecule has 0 aliphatic carbocycles. The van der Waals surface area contributed by atoms with E-state index >= 15 is 0 Å². The second-order valence-electron chi connectivity index (χ2n) is 20.9. The van der Waals surface area contributed by atoms with Crippen LogP contribution in [0.25, 0.3) is 0 Å². The van der Waals surface area contributed by atoms with Crippen molar-refractivity contribution >= 4 is 17.9 Å². The lowest BCUT2D eigenvalue weighted by Gasteiger charge is -2.18. The first-order chi connectivity index (χ1) is 39.0. The minimum Gasteiger partial charge on any atom is -0.462 e. The average Bonchev–Trinajstić information content (AvgIpc) is 3.45. The van der Waals surface area contributed by atoms with E-state index in [0.717, 1.165) is 161 Å². The van der Waals surface area contributed by atoms with Crippen LogP contribution in [0.4, 0.5) is 0 Å². The van der Waals surface area contributed by atoms with Gasteiger partial charge in [-0.15, -0.1) is 0 Å². The third-order valence-corrected chi connectivity index (χ3v) is 13.3. The molecule has 0 radical (unpaired) electrons. The first-order valence-electron chi connectivity index (χ1n) is 32.3. The smallest absolute Gasteiger partial charge is 0.306 e. The number of esters is 3. The molecule has 1 unspecified atom stereocenters. The molecule has 0 fully saturated rings. The van der Waals surface area contributed by atoms with Crippen LogP contribution in [-0.4, -0.2) is 37.2 Å². The summed E-state index contributed by atoms with van der Waals surface area (Å²) >= 11 is 0. The molecule has 0 aliphatic rings. The van der Waals surface area contributed by atoms with Gasteiger partial charge in [-0.05, 0) is 122 Å². The Bertz CT molecular complexity index is 1730. The van der Waals surface area contributed by atoms with Gasteiger partial charge in [0.15, 0.2) is 6.10 Å². The molecule has 0 aromatic heterocycles. The van der Waals surface area contributed by atoms with E-state index in [1.54, 1.807) is 0 Å². The van der Waals surface area contributed by atoms with Gasteiger partial charge >= 0.3 is 17.9 Å². The van der Waals surface area contributed by atoms with Gasteiger partial charge in [0.05, 0.1) is 0 Å². The molecule has 6 nitrogen and oxygen atoms in total. The molecule has 0 heterocycles. The fourth-order valence-corrected chi connectivity index (χ4v) is 8.57. The van der Waals surface area contributed by atoms with E-state index in [9.17, 15) is 14.4 Å². The number of unbranched alkanes of at least 4 members (excludes halogenated alkanes) is 22. The van der Waals surface area contributed by atoms with Crippen LogP contribution in [-0.2, 0) is 28.6 Å². The molecule has 0 N–H and O–H groups in total. The Morgan fingerprint density at radius 3 is 0.772 bits per heavy atom. The summed E-state index contributed by atoms with van der Waals surface area (Å²) in [5.74, 6) is -0.921. The lowest BCUT2D eigenvalue weighted by molar-refractivity contribution is -0.167. The fourth-order valence-electron chi connectivity index (χ4n) is 8.57. The van der Waals surface area contributed by atoms with Crippen molar-refractivity contribution in [2.24, 2.45) is 0 Å². The van der Waals surface area contributed by atoms with Crippen molar-refractivity contribution in [1.82, 2.24) is 0 Å². The van der Waals surface area contributed by atoms with Crippen LogP contribution in [0.3, 0.4) is 0 Å². The first-order valence-corrected chi connectivity index (χ1v) is 32.3. The maximum Gasteiger partial charge on any atom is 0.306 e. The molecule has 79 heavy (non-hydrogen) atoms. The SMILES string of the molecule is CC/C=C\C/C=C\C/C=C\C/C=C\C/C=C\C/C=C\C/C=C\C/C=C\CCCCCCCCC(=O)OCC(COC(=O)CCCCCCCCCCCCC)OC(=O)CCCCCCCC/C=C\C/C=C\C/C=C\C/C=C\CC. The van der Waals surface area contributed by atoms with Gasteiger partial charge in [0, 0.05) is 19.3 Å². The van der Waals surface area contributed by atoms with Crippen molar-refractivity contribution in [1.29, 1.82) is 0 Å². The zero-order chi connectivity index (χ0) is 57.1. The Kier molecular flexibility index (Phi) is 61.9. The van der Waals surface area contributed by atoms with E-state index in [4.69, 9.17) is 14.2 Å². The van der Waals surface area contributed by atoms with Crippen molar-refractivity contribution in [3.63, 3.8) is 0 Å². The quantitative estimate of drug-likeness (QED) is 0.0261. The number of carbonyl (C=O) groups is 3. The van der Waals surface area contributed by atoms with Crippen LogP contribution < -0.4 is 0 Å². The minimum atomic E-state index is -0.797. The largest absolute Gasteiger partial charge is 0.462 e. The highest BCUT2D eigenvalue weighted by molar-refractivity contribution is 5.71. The minimum absolute atomic E-state index is 0.0912. The van der Waals surface area contributed by atoms with Crippen LogP contribution in [0, 0.1) is 0 Å². The molecule has 0 spiro atoms. The second kappa shape index (κ2) is 65.8. The predicted molar refractivity (Wildman–Crippen MR) is 343 cm³/mol. The Balaban J connectivity index is 4.34. The van der Waals surface area contributed by atoms with Gasteiger partial charge in [0.2, 0.25) is 0 Å². The van der Waals surface area contributed by atoms with E-state index in [-0.39, 0.29) is 31.1 Å². The van der Waals surface area contributed by atoms with Crippen LogP contribution in [0.15, 0.2) is 146 Å². The first kappa shape index (κ1) is 74.3. The van der Waals surface area contributed by atoms with E-state index in [1.165, 1.54) is 77.0 Å². The number of rotatable bonds is 57. The molecular formula is C73H118O6. The molecule has 0 aromatic carbocycles. The standard InChI is InChI=1S/C73H118O6/c1-4-7-10-13-16-19-22-24-26-28-30-31-32-33-34-35-36-37-38-39-40-41-43-44-46-48-51-54-57-60-63-66-72(75)78-69-70(68-77-71(74)65-62-59-56-53-50-21-18-15-12-9-6-3)79-73(76)67-64-61-58-55-52-49-47-45-42-29-27-25-23-20-17-14-11-8-5-2/h7-8,10-11,16-17,19-20,24-27,30-31,33-34,36-37,39-40,42-45,70H,4-6,9,12-15,18,21-23,28-29,32,35,38,41,46-69H2,1-3H3/b10-7-,11-8-,19-16-,20-17-,26-24-,27-25-,31-30-,34-33-,37-36-,40-39-,44-43-,45-42-. The van der Waals surface area contributed by atoms with Crippen molar-refractivity contribution in [3.05, 3.63) is 146 Å². The summed E-state index contributed by atoms with van der Waals surface area (Å²) in [7, 11) is 0. The summed E-state index contributed by atoms with van der Waals surface area (Å²) in [4.78, 5) is 38.3.